The van der Waals surface area contributed by atoms with E-state index < -0.39 is 11.7 Å². The number of carbonyl (C=O) groups is 1. The maximum Gasteiger partial charge on any atom is 0.407 e. The molecule has 2 rings (SSSR count). The molecular formula is C14H19N3O3S. The first kappa shape index (κ1) is 15.5. The van der Waals surface area contributed by atoms with Gasteiger partial charge < -0.3 is 14.6 Å². The molecular weight excluding hydrogens is 290 g/mol. The molecule has 7 heteroatoms. The van der Waals surface area contributed by atoms with E-state index in [4.69, 9.17) is 9.26 Å². The molecule has 0 unspecified atom stereocenters. The number of nitrogens with zero attached hydrogens (tertiary/aromatic N) is 2. The Morgan fingerprint density at radius 1 is 1.48 bits per heavy atom. The highest BCUT2D eigenvalue weighted by Gasteiger charge is 2.16. The number of nitrogens with one attached hydrogen (secondary N) is 1. The molecule has 0 aliphatic carbocycles. The molecule has 2 aromatic heterocycles. The van der Waals surface area contributed by atoms with Gasteiger partial charge in [0.15, 0.2) is 5.82 Å². The SMILES string of the molecule is CC(C)(C)OC(=O)NCCc1nc(Cc2cccs2)no1. The second kappa shape index (κ2) is 6.71. The second-order valence-corrected chi connectivity index (χ2v) is 6.57. The van der Waals surface area contributed by atoms with Crippen molar-refractivity contribution < 1.29 is 14.1 Å². The lowest BCUT2D eigenvalue weighted by atomic mass is 10.2. The summed E-state index contributed by atoms with van der Waals surface area (Å²) in [5, 5.41) is 8.60. The number of carbonyl (C=O) groups excluding carboxylic acids is 1. The van der Waals surface area contributed by atoms with Crippen LogP contribution in [0.2, 0.25) is 0 Å². The zero-order valence-corrected chi connectivity index (χ0v) is 13.2. The maximum atomic E-state index is 11.5. The van der Waals surface area contributed by atoms with Crippen LogP contribution in [0.5, 0.6) is 0 Å². The van der Waals surface area contributed by atoms with Crippen LogP contribution < -0.4 is 5.32 Å². The van der Waals surface area contributed by atoms with Crippen molar-refractivity contribution in [2.45, 2.75) is 39.2 Å². The molecule has 114 valence electrons. The third-order valence-corrected chi connectivity index (χ3v) is 3.31. The van der Waals surface area contributed by atoms with Crippen molar-refractivity contribution >= 4 is 17.4 Å². The first-order valence-corrected chi connectivity index (χ1v) is 7.61. The van der Waals surface area contributed by atoms with Crippen LogP contribution in [0.4, 0.5) is 4.79 Å². The van der Waals surface area contributed by atoms with E-state index in [0.717, 1.165) is 0 Å². The van der Waals surface area contributed by atoms with E-state index in [1.54, 1.807) is 11.3 Å². The van der Waals surface area contributed by atoms with Crippen molar-refractivity contribution in [3.63, 3.8) is 0 Å². The van der Waals surface area contributed by atoms with Gasteiger partial charge in [0.1, 0.15) is 5.60 Å². The highest BCUT2D eigenvalue weighted by molar-refractivity contribution is 7.09. The molecule has 2 aromatic rings. The summed E-state index contributed by atoms with van der Waals surface area (Å²) in [5.74, 6) is 1.17. The van der Waals surface area contributed by atoms with Gasteiger partial charge in [-0.3, -0.25) is 0 Å². The summed E-state index contributed by atoms with van der Waals surface area (Å²) < 4.78 is 10.3. The van der Waals surface area contributed by atoms with Crippen molar-refractivity contribution in [3.8, 4) is 0 Å². The largest absolute Gasteiger partial charge is 0.444 e. The van der Waals surface area contributed by atoms with E-state index in [2.05, 4.69) is 15.5 Å². The smallest absolute Gasteiger partial charge is 0.407 e. The molecule has 0 saturated heterocycles. The van der Waals surface area contributed by atoms with Gasteiger partial charge in [0, 0.05) is 24.3 Å². The number of hydrogen-bond acceptors (Lipinski definition) is 6. The van der Waals surface area contributed by atoms with Crippen LogP contribution >= 0.6 is 11.3 Å². The average molecular weight is 309 g/mol. The fraction of sp³-hybridized carbons (Fsp3) is 0.500. The number of thiophene rings is 1. The Kier molecular flexibility index (Phi) is 4.95. The lowest BCUT2D eigenvalue weighted by Crippen LogP contribution is -2.33. The van der Waals surface area contributed by atoms with E-state index in [9.17, 15) is 4.79 Å². The van der Waals surface area contributed by atoms with Gasteiger partial charge in [0.25, 0.3) is 0 Å². The van der Waals surface area contributed by atoms with E-state index >= 15 is 0 Å². The fourth-order valence-corrected chi connectivity index (χ4v) is 2.32. The Bertz CT molecular complexity index is 573. The summed E-state index contributed by atoms with van der Waals surface area (Å²) in [6.45, 7) is 5.86. The van der Waals surface area contributed by atoms with Crippen molar-refractivity contribution in [1.29, 1.82) is 0 Å². The highest BCUT2D eigenvalue weighted by Crippen LogP contribution is 2.13. The average Bonchev–Trinajstić information content (AvgIpc) is 2.99. The summed E-state index contributed by atoms with van der Waals surface area (Å²) in [6, 6.07) is 4.02. The Morgan fingerprint density at radius 2 is 2.29 bits per heavy atom. The number of amides is 1. The molecule has 0 aromatic carbocycles. The molecule has 0 aliphatic rings. The topological polar surface area (TPSA) is 77.2 Å². The zero-order chi connectivity index (χ0) is 15.3. The molecule has 1 N–H and O–H groups in total. The van der Waals surface area contributed by atoms with Crippen LogP contribution in [0.1, 0.15) is 37.4 Å². The third kappa shape index (κ3) is 5.55. The predicted molar refractivity (Wildman–Crippen MR) is 79.4 cm³/mol. The van der Waals surface area contributed by atoms with Gasteiger partial charge in [-0.2, -0.15) is 4.98 Å². The summed E-state index contributed by atoms with van der Waals surface area (Å²) in [7, 11) is 0. The van der Waals surface area contributed by atoms with Gasteiger partial charge in [-0.25, -0.2) is 4.79 Å². The summed E-state index contributed by atoms with van der Waals surface area (Å²) in [4.78, 5) is 16.9. The van der Waals surface area contributed by atoms with Gasteiger partial charge in [-0.05, 0) is 32.2 Å². The van der Waals surface area contributed by atoms with Crippen LogP contribution in [0.15, 0.2) is 22.0 Å². The number of rotatable bonds is 5. The number of hydrogen-bond donors (Lipinski definition) is 1. The van der Waals surface area contributed by atoms with Gasteiger partial charge in [0.2, 0.25) is 5.89 Å². The molecule has 2 heterocycles. The molecule has 1 amide bonds. The van der Waals surface area contributed by atoms with Crippen LogP contribution in [0, 0.1) is 0 Å². The van der Waals surface area contributed by atoms with E-state index in [0.29, 0.717) is 31.1 Å². The minimum absolute atomic E-state index is 0.398. The number of aromatic nitrogens is 2. The lowest BCUT2D eigenvalue weighted by Gasteiger charge is -2.19. The predicted octanol–water partition coefficient (Wildman–Crippen LogP) is 2.79. The second-order valence-electron chi connectivity index (χ2n) is 5.54. The summed E-state index contributed by atoms with van der Waals surface area (Å²) >= 11 is 1.66. The first-order valence-electron chi connectivity index (χ1n) is 6.73. The minimum atomic E-state index is -0.498. The van der Waals surface area contributed by atoms with Crippen LogP contribution in [0.3, 0.4) is 0 Å². The van der Waals surface area contributed by atoms with Gasteiger partial charge in [-0.15, -0.1) is 11.3 Å². The number of alkyl carbamates (subject to hydrolysis) is 1. The fourth-order valence-electron chi connectivity index (χ4n) is 1.62. The molecule has 6 nitrogen and oxygen atoms in total. The minimum Gasteiger partial charge on any atom is -0.444 e. The third-order valence-electron chi connectivity index (χ3n) is 2.43. The maximum absolute atomic E-state index is 11.5. The van der Waals surface area contributed by atoms with E-state index in [1.165, 1.54) is 4.88 Å². The monoisotopic (exact) mass is 309 g/mol. The van der Waals surface area contributed by atoms with Gasteiger partial charge >= 0.3 is 6.09 Å². The van der Waals surface area contributed by atoms with Crippen LogP contribution in [-0.4, -0.2) is 28.4 Å². The van der Waals surface area contributed by atoms with Crippen molar-refractivity contribution in [2.24, 2.45) is 0 Å². The first-order chi connectivity index (χ1) is 9.92. The Morgan fingerprint density at radius 3 is 2.95 bits per heavy atom. The Labute approximate surface area is 127 Å². The van der Waals surface area contributed by atoms with Crippen molar-refractivity contribution in [3.05, 3.63) is 34.1 Å². The molecule has 21 heavy (non-hydrogen) atoms. The summed E-state index contributed by atoms with van der Waals surface area (Å²) in [6.07, 6.45) is 0.706. The Balaban J connectivity index is 1.74. The van der Waals surface area contributed by atoms with Crippen molar-refractivity contribution in [2.75, 3.05) is 6.54 Å². The number of ether oxygens (including phenoxy) is 1. The highest BCUT2D eigenvalue weighted by atomic mass is 32.1. The van der Waals surface area contributed by atoms with Crippen molar-refractivity contribution in [1.82, 2.24) is 15.5 Å². The standard InChI is InChI=1S/C14H19N3O3S/c1-14(2,3)19-13(18)15-7-6-12-16-11(17-20-12)9-10-5-4-8-21-10/h4-5,8H,6-7,9H2,1-3H3,(H,15,18). The van der Waals surface area contributed by atoms with E-state index in [-0.39, 0.29) is 0 Å². The summed E-state index contributed by atoms with van der Waals surface area (Å²) in [5.41, 5.74) is -0.498. The van der Waals surface area contributed by atoms with Crippen LogP contribution in [-0.2, 0) is 17.6 Å². The zero-order valence-electron chi connectivity index (χ0n) is 12.4. The van der Waals surface area contributed by atoms with Gasteiger partial charge in [0.05, 0.1) is 0 Å². The molecule has 0 fully saturated rings. The molecule has 0 radical (unpaired) electrons. The molecule has 0 aliphatic heterocycles. The molecule has 0 atom stereocenters. The Hall–Kier alpha value is -1.89. The van der Waals surface area contributed by atoms with Crippen LogP contribution in [0.25, 0.3) is 0 Å². The molecule has 0 saturated carbocycles. The lowest BCUT2D eigenvalue weighted by molar-refractivity contribution is 0.0527. The normalized spacial score (nSPS) is 11.4. The molecule has 0 spiro atoms. The van der Waals surface area contributed by atoms with Gasteiger partial charge in [-0.1, -0.05) is 11.2 Å². The van der Waals surface area contributed by atoms with E-state index in [1.807, 2.05) is 38.3 Å². The quantitative estimate of drug-likeness (QED) is 0.919. The molecule has 0 bridgehead atoms.